The Balaban J connectivity index is 1.71. The van der Waals surface area contributed by atoms with Crippen LogP contribution in [0.3, 0.4) is 0 Å². The summed E-state index contributed by atoms with van der Waals surface area (Å²) in [6.07, 6.45) is 5.76. The van der Waals surface area contributed by atoms with E-state index in [-0.39, 0.29) is 11.9 Å². The minimum Gasteiger partial charge on any atom is -0.369 e. The highest BCUT2D eigenvalue weighted by atomic mass is 16.2. The van der Waals surface area contributed by atoms with Crippen molar-refractivity contribution in [1.82, 2.24) is 29.6 Å². The van der Waals surface area contributed by atoms with Gasteiger partial charge in [0.15, 0.2) is 0 Å². The molecule has 26 heavy (non-hydrogen) atoms. The first-order valence-electron chi connectivity index (χ1n) is 8.69. The second-order valence-corrected chi connectivity index (χ2v) is 6.26. The highest BCUT2D eigenvalue weighted by Crippen LogP contribution is 2.22. The summed E-state index contributed by atoms with van der Waals surface area (Å²) in [6.45, 7) is 5.58. The lowest BCUT2D eigenvalue weighted by atomic mass is 10.1. The molecule has 0 saturated carbocycles. The molecule has 3 N–H and O–H groups in total. The molecule has 1 aliphatic rings. The zero-order valence-electron chi connectivity index (χ0n) is 15.0. The summed E-state index contributed by atoms with van der Waals surface area (Å²) in [5.41, 5.74) is 7.83. The molecule has 3 heterocycles. The third-order valence-corrected chi connectivity index (χ3v) is 4.48. The van der Waals surface area contributed by atoms with E-state index in [9.17, 15) is 4.79 Å². The van der Waals surface area contributed by atoms with Crippen LogP contribution in [0.1, 0.15) is 23.5 Å². The topological polar surface area (TPSA) is 115 Å². The van der Waals surface area contributed by atoms with E-state index in [2.05, 4.69) is 32.1 Å². The lowest BCUT2D eigenvalue weighted by Crippen LogP contribution is -2.32. The molecule has 3 rings (SSSR count). The van der Waals surface area contributed by atoms with Gasteiger partial charge in [0.2, 0.25) is 11.9 Å². The summed E-state index contributed by atoms with van der Waals surface area (Å²) in [5.74, 6) is 1.97. The highest BCUT2D eigenvalue weighted by molar-refractivity contribution is 5.77. The fourth-order valence-electron chi connectivity index (χ4n) is 3.09. The number of carbonyl (C=O) groups is 1. The molecule has 0 fully saturated rings. The van der Waals surface area contributed by atoms with Gasteiger partial charge in [-0.05, 0) is 6.42 Å². The van der Waals surface area contributed by atoms with Crippen molar-refractivity contribution in [2.24, 2.45) is 7.05 Å². The molecule has 1 aliphatic heterocycles. The number of anilines is 2. The number of aromatic nitrogens is 5. The van der Waals surface area contributed by atoms with Crippen molar-refractivity contribution >= 4 is 17.7 Å². The predicted octanol–water partition coefficient (Wildman–Crippen LogP) is 0.345. The number of nitrogen functional groups attached to an aromatic ring is 1. The summed E-state index contributed by atoms with van der Waals surface area (Å²) in [7, 11) is 1.92. The maximum atomic E-state index is 12.2. The van der Waals surface area contributed by atoms with Crippen molar-refractivity contribution < 1.29 is 4.79 Å². The molecule has 0 aromatic carbocycles. The van der Waals surface area contributed by atoms with Gasteiger partial charge in [0.1, 0.15) is 18.0 Å². The molecule has 0 bridgehead atoms. The Kier molecular flexibility index (Phi) is 5.45. The monoisotopic (exact) mass is 356 g/mol. The van der Waals surface area contributed by atoms with E-state index < -0.39 is 0 Å². The van der Waals surface area contributed by atoms with E-state index in [4.69, 9.17) is 5.73 Å². The molecule has 0 saturated heterocycles. The van der Waals surface area contributed by atoms with Crippen LogP contribution in [-0.2, 0) is 31.1 Å². The minimum absolute atomic E-state index is 0.0885. The number of rotatable bonds is 6. The average Bonchev–Trinajstić information content (AvgIpc) is 2.89. The Morgan fingerprint density at radius 1 is 1.38 bits per heavy atom. The summed E-state index contributed by atoms with van der Waals surface area (Å²) in [5, 5.41) is 11.3. The van der Waals surface area contributed by atoms with Crippen LogP contribution >= 0.6 is 0 Å². The van der Waals surface area contributed by atoms with Crippen LogP contribution in [0.4, 0.5) is 11.8 Å². The third-order valence-electron chi connectivity index (χ3n) is 4.48. The molecule has 0 atom stereocenters. The van der Waals surface area contributed by atoms with Gasteiger partial charge in [-0.3, -0.25) is 4.79 Å². The van der Waals surface area contributed by atoms with Gasteiger partial charge in [-0.1, -0.05) is 6.08 Å². The molecule has 1 amide bonds. The molecule has 2 aromatic heterocycles. The van der Waals surface area contributed by atoms with Crippen molar-refractivity contribution in [3.63, 3.8) is 0 Å². The number of amides is 1. The van der Waals surface area contributed by atoms with Gasteiger partial charge in [-0.2, -0.15) is 4.98 Å². The molecular weight excluding hydrogens is 332 g/mol. The standard InChI is InChI=1S/C17H24N8O/c1-3-4-15(26)25-9-6-12-13(7-10-25)21-17(18)22-16(12)19-8-5-14-23-20-11-24(14)2/h3,11H,1,4-10H2,2H3,(H3,18,19,21,22). The third kappa shape index (κ3) is 3.98. The summed E-state index contributed by atoms with van der Waals surface area (Å²) in [4.78, 5) is 22.8. The maximum absolute atomic E-state index is 12.2. The van der Waals surface area contributed by atoms with Crippen molar-refractivity contribution in [1.29, 1.82) is 0 Å². The van der Waals surface area contributed by atoms with Crippen LogP contribution in [0.2, 0.25) is 0 Å². The quantitative estimate of drug-likeness (QED) is 0.717. The smallest absolute Gasteiger partial charge is 0.226 e. The molecular formula is C17H24N8O. The van der Waals surface area contributed by atoms with E-state index in [0.29, 0.717) is 38.9 Å². The zero-order chi connectivity index (χ0) is 18.5. The number of nitrogens with two attached hydrogens (primary N) is 1. The van der Waals surface area contributed by atoms with E-state index >= 15 is 0 Å². The number of fused-ring (bicyclic) bond motifs is 1. The Morgan fingerprint density at radius 3 is 2.92 bits per heavy atom. The Morgan fingerprint density at radius 2 is 2.19 bits per heavy atom. The first-order valence-corrected chi connectivity index (χ1v) is 8.69. The predicted molar refractivity (Wildman–Crippen MR) is 98.4 cm³/mol. The van der Waals surface area contributed by atoms with E-state index in [0.717, 1.165) is 29.3 Å². The van der Waals surface area contributed by atoms with Crippen LogP contribution in [-0.4, -0.2) is 55.2 Å². The second kappa shape index (κ2) is 7.94. The maximum Gasteiger partial charge on any atom is 0.226 e. The number of carbonyl (C=O) groups excluding carboxylic acids is 1. The van der Waals surface area contributed by atoms with Crippen molar-refractivity contribution in [3.8, 4) is 0 Å². The first-order chi connectivity index (χ1) is 12.6. The molecule has 0 aliphatic carbocycles. The summed E-state index contributed by atoms with van der Waals surface area (Å²) >= 11 is 0. The minimum atomic E-state index is 0.0885. The first kappa shape index (κ1) is 17.8. The van der Waals surface area contributed by atoms with E-state index in [1.807, 2.05) is 16.5 Å². The van der Waals surface area contributed by atoms with E-state index in [1.54, 1.807) is 12.4 Å². The lowest BCUT2D eigenvalue weighted by molar-refractivity contribution is -0.130. The number of aryl methyl sites for hydroxylation is 1. The largest absolute Gasteiger partial charge is 0.369 e. The molecule has 0 unspecified atom stereocenters. The van der Waals surface area contributed by atoms with Crippen molar-refractivity contribution in [3.05, 3.63) is 36.1 Å². The second-order valence-electron chi connectivity index (χ2n) is 6.26. The molecule has 9 heteroatoms. The van der Waals surface area contributed by atoms with Crippen LogP contribution < -0.4 is 11.1 Å². The molecule has 138 valence electrons. The summed E-state index contributed by atoms with van der Waals surface area (Å²) in [6, 6.07) is 0. The Bertz CT molecular complexity index is 800. The number of nitrogens with one attached hydrogen (secondary N) is 1. The van der Waals surface area contributed by atoms with Gasteiger partial charge < -0.3 is 20.5 Å². The lowest BCUT2D eigenvalue weighted by Gasteiger charge is -2.19. The zero-order valence-corrected chi connectivity index (χ0v) is 15.0. The van der Waals surface area contributed by atoms with Crippen molar-refractivity contribution in [2.45, 2.75) is 25.7 Å². The van der Waals surface area contributed by atoms with Crippen LogP contribution in [0.25, 0.3) is 0 Å². The number of hydrogen-bond acceptors (Lipinski definition) is 7. The van der Waals surface area contributed by atoms with Gasteiger partial charge in [0.25, 0.3) is 0 Å². The van der Waals surface area contributed by atoms with Gasteiger partial charge in [0.05, 0.1) is 5.69 Å². The van der Waals surface area contributed by atoms with Gasteiger partial charge in [0, 0.05) is 51.5 Å². The average molecular weight is 356 g/mol. The molecule has 9 nitrogen and oxygen atoms in total. The van der Waals surface area contributed by atoms with E-state index in [1.165, 1.54) is 0 Å². The van der Waals surface area contributed by atoms with Crippen LogP contribution in [0, 0.1) is 0 Å². The SMILES string of the molecule is C=CCC(=O)N1CCc2nc(N)nc(NCCc3nncn3C)c2CC1. The van der Waals surface area contributed by atoms with Gasteiger partial charge in [-0.25, -0.2) is 4.98 Å². The van der Waals surface area contributed by atoms with Crippen LogP contribution in [0.15, 0.2) is 19.0 Å². The normalized spacial score (nSPS) is 13.8. The van der Waals surface area contributed by atoms with Crippen LogP contribution in [0.5, 0.6) is 0 Å². The van der Waals surface area contributed by atoms with Crippen molar-refractivity contribution in [2.75, 3.05) is 30.7 Å². The number of nitrogens with zero attached hydrogens (tertiary/aromatic N) is 6. The Labute approximate surface area is 152 Å². The van der Waals surface area contributed by atoms with Gasteiger partial charge >= 0.3 is 0 Å². The molecule has 0 spiro atoms. The Hall–Kier alpha value is -2.97. The molecule has 0 radical (unpaired) electrons. The molecule has 2 aromatic rings. The number of hydrogen-bond donors (Lipinski definition) is 2. The highest BCUT2D eigenvalue weighted by Gasteiger charge is 2.22. The summed E-state index contributed by atoms with van der Waals surface area (Å²) < 4.78 is 1.89. The fourth-order valence-corrected chi connectivity index (χ4v) is 3.09. The fraction of sp³-hybridized carbons (Fsp3) is 0.471. The van der Waals surface area contributed by atoms with Gasteiger partial charge in [-0.15, -0.1) is 16.8 Å².